The molecule has 2 heterocycles. The minimum atomic E-state index is -0.243. The molecule has 16 heavy (non-hydrogen) atoms. The topological polar surface area (TPSA) is 15.6 Å². The number of rotatable bonds is 2. The van der Waals surface area contributed by atoms with Gasteiger partial charge in [0.2, 0.25) is 0 Å². The second-order valence-corrected chi connectivity index (χ2v) is 6.36. The Morgan fingerprint density at radius 2 is 1.75 bits per heavy atom. The molecule has 0 saturated carbocycles. The number of nitrogens with zero attached hydrogens (tertiary/aromatic N) is 2. The molecule has 1 atom stereocenters. The van der Waals surface area contributed by atoms with Gasteiger partial charge in [0.15, 0.2) is 0 Å². The van der Waals surface area contributed by atoms with Gasteiger partial charge < -0.3 is 0 Å². The second-order valence-electron chi connectivity index (χ2n) is 4.59. The average Bonchev–Trinajstić information content (AvgIpc) is 3.11. The van der Waals surface area contributed by atoms with E-state index >= 15 is 0 Å². The Morgan fingerprint density at radius 1 is 1.06 bits per heavy atom. The first-order chi connectivity index (χ1) is 7.84. The molecule has 84 valence electrons. The summed E-state index contributed by atoms with van der Waals surface area (Å²) in [5.41, 5.74) is 4.02. The highest BCUT2D eigenvalue weighted by Gasteiger charge is 2.35. The van der Waals surface area contributed by atoms with Crippen LogP contribution in [0.2, 0.25) is 0 Å². The predicted octanol–water partition coefficient (Wildman–Crippen LogP) is 3.55. The monoisotopic (exact) mass is 232 g/mol. The molecule has 1 aromatic carbocycles. The van der Waals surface area contributed by atoms with Gasteiger partial charge in [0.25, 0.3) is 0 Å². The van der Waals surface area contributed by atoms with Gasteiger partial charge >= 0.3 is 0 Å². The zero-order valence-corrected chi connectivity index (χ0v) is 10.6. The molecule has 1 unspecified atom stereocenters. The summed E-state index contributed by atoms with van der Waals surface area (Å²) in [4.78, 5) is 0. The molecule has 0 aromatic heterocycles. The van der Waals surface area contributed by atoms with E-state index in [9.17, 15) is 0 Å². The van der Waals surface area contributed by atoms with E-state index in [-0.39, 0.29) is 8.22 Å². The van der Waals surface area contributed by atoms with Crippen molar-refractivity contribution in [2.24, 2.45) is 4.76 Å². The van der Waals surface area contributed by atoms with Crippen molar-refractivity contribution in [1.82, 2.24) is 4.67 Å². The summed E-state index contributed by atoms with van der Waals surface area (Å²) >= 11 is 0. The Morgan fingerprint density at radius 3 is 2.44 bits per heavy atom. The normalized spacial score (nSPS) is 25.3. The average molecular weight is 232 g/mol. The van der Waals surface area contributed by atoms with Crippen LogP contribution >= 0.6 is 8.22 Å². The van der Waals surface area contributed by atoms with E-state index < -0.39 is 0 Å². The molecule has 0 spiro atoms. The Labute approximate surface area is 98.2 Å². The molecule has 2 aliphatic rings. The minimum absolute atomic E-state index is 0.243. The summed E-state index contributed by atoms with van der Waals surface area (Å²) < 4.78 is 7.26. The third-order valence-electron chi connectivity index (χ3n) is 3.25. The van der Waals surface area contributed by atoms with Crippen molar-refractivity contribution in [2.75, 3.05) is 13.1 Å². The molecule has 0 bridgehead atoms. The van der Waals surface area contributed by atoms with Crippen LogP contribution < -0.4 is 0 Å². The van der Waals surface area contributed by atoms with Crippen molar-refractivity contribution in [3.63, 3.8) is 0 Å². The molecule has 0 N–H and O–H groups in total. The molecular formula is C13H17N2P. The minimum Gasteiger partial charge on any atom is -0.259 e. The van der Waals surface area contributed by atoms with Crippen LogP contribution in [-0.4, -0.2) is 23.2 Å². The van der Waals surface area contributed by atoms with Crippen molar-refractivity contribution >= 4 is 13.7 Å². The molecule has 1 saturated heterocycles. The van der Waals surface area contributed by atoms with E-state index in [1.807, 2.05) is 0 Å². The molecule has 2 aliphatic heterocycles. The van der Waals surface area contributed by atoms with Crippen LogP contribution in [0.3, 0.4) is 0 Å². The fourth-order valence-corrected chi connectivity index (χ4v) is 4.01. The van der Waals surface area contributed by atoms with Crippen LogP contribution in [0.25, 0.3) is 0 Å². The molecule has 3 rings (SSSR count). The molecule has 0 radical (unpaired) electrons. The van der Waals surface area contributed by atoms with Crippen molar-refractivity contribution in [2.45, 2.75) is 26.2 Å². The maximum atomic E-state index is 4.69. The Balaban J connectivity index is 1.66. The van der Waals surface area contributed by atoms with Crippen LogP contribution in [-0.2, 0) is 0 Å². The van der Waals surface area contributed by atoms with Gasteiger partial charge in [-0.15, -0.1) is 0 Å². The maximum absolute atomic E-state index is 4.69. The maximum Gasteiger partial charge on any atom is 0.142 e. The Kier molecular flexibility index (Phi) is 2.79. The summed E-state index contributed by atoms with van der Waals surface area (Å²) in [6.45, 7) is 4.64. The van der Waals surface area contributed by atoms with Crippen LogP contribution in [0.15, 0.2) is 29.0 Å². The quantitative estimate of drug-likeness (QED) is 0.712. The van der Waals surface area contributed by atoms with Crippen molar-refractivity contribution in [1.29, 1.82) is 0 Å². The summed E-state index contributed by atoms with van der Waals surface area (Å²) in [5, 5.41) is 0. The zero-order valence-electron chi connectivity index (χ0n) is 9.69. The second kappa shape index (κ2) is 4.27. The number of hydrogen-bond donors (Lipinski definition) is 0. The van der Waals surface area contributed by atoms with Gasteiger partial charge in [-0.2, -0.15) is 0 Å². The van der Waals surface area contributed by atoms with Crippen LogP contribution in [0.5, 0.6) is 0 Å². The number of aryl methyl sites for hydroxylation is 1. The summed E-state index contributed by atoms with van der Waals surface area (Å²) in [5.74, 6) is 0. The third-order valence-corrected chi connectivity index (χ3v) is 5.12. The highest BCUT2D eigenvalue weighted by molar-refractivity contribution is 7.81. The summed E-state index contributed by atoms with van der Waals surface area (Å²) in [6.07, 6.45) is 4.12. The first-order valence-corrected chi connectivity index (χ1v) is 7.30. The standard InChI is InChI=1S/C13H17N2P/c1-11-5-7-12(8-6-11)13-14-16(13)15-9-3-2-4-10-15/h5-8H,2-4,9-10H2,1H3. The third kappa shape index (κ3) is 2.05. The smallest absolute Gasteiger partial charge is 0.142 e. The fourth-order valence-electron chi connectivity index (χ4n) is 2.21. The van der Waals surface area contributed by atoms with E-state index in [0.29, 0.717) is 0 Å². The lowest BCUT2D eigenvalue weighted by molar-refractivity contribution is 0.374. The molecular weight excluding hydrogens is 215 g/mol. The summed E-state index contributed by atoms with van der Waals surface area (Å²) in [6, 6.07) is 8.78. The SMILES string of the molecule is Cc1ccc(C2=NP2N2CCCCC2)cc1. The highest BCUT2D eigenvalue weighted by Crippen LogP contribution is 2.59. The predicted molar refractivity (Wildman–Crippen MR) is 70.1 cm³/mol. The molecule has 0 aliphatic carbocycles. The van der Waals surface area contributed by atoms with Crippen molar-refractivity contribution < 1.29 is 0 Å². The van der Waals surface area contributed by atoms with Gasteiger partial charge in [0.05, 0.1) is 0 Å². The fraction of sp³-hybridized carbons (Fsp3) is 0.462. The lowest BCUT2D eigenvalue weighted by atomic mass is 10.2. The van der Waals surface area contributed by atoms with Gasteiger partial charge in [0.1, 0.15) is 13.7 Å². The van der Waals surface area contributed by atoms with Crippen molar-refractivity contribution in [3.8, 4) is 0 Å². The first-order valence-electron chi connectivity index (χ1n) is 6.05. The van der Waals surface area contributed by atoms with Gasteiger partial charge in [-0.3, -0.25) is 4.67 Å². The first kappa shape index (κ1) is 10.4. The van der Waals surface area contributed by atoms with Crippen LogP contribution in [0.1, 0.15) is 30.4 Å². The van der Waals surface area contributed by atoms with Crippen molar-refractivity contribution in [3.05, 3.63) is 35.4 Å². The molecule has 0 amide bonds. The molecule has 1 aromatic rings. The van der Waals surface area contributed by atoms with Gasteiger partial charge in [0, 0.05) is 18.7 Å². The van der Waals surface area contributed by atoms with Crippen LogP contribution in [0, 0.1) is 6.92 Å². The zero-order chi connectivity index (χ0) is 11.0. The van der Waals surface area contributed by atoms with Crippen LogP contribution in [0.4, 0.5) is 0 Å². The lowest BCUT2D eigenvalue weighted by Crippen LogP contribution is -2.23. The van der Waals surface area contributed by atoms with Gasteiger partial charge in [-0.25, -0.2) is 4.76 Å². The van der Waals surface area contributed by atoms with E-state index in [2.05, 4.69) is 40.6 Å². The number of benzene rings is 1. The Bertz CT molecular complexity index is 404. The lowest BCUT2D eigenvalue weighted by Gasteiger charge is -2.24. The number of piperidine rings is 1. The van der Waals surface area contributed by atoms with Gasteiger partial charge in [-0.1, -0.05) is 36.2 Å². The molecule has 3 heteroatoms. The Hall–Kier alpha value is -0.720. The molecule has 2 nitrogen and oxygen atoms in total. The van der Waals surface area contributed by atoms with E-state index in [1.54, 1.807) is 0 Å². The highest BCUT2D eigenvalue weighted by atomic mass is 31.1. The van der Waals surface area contributed by atoms with E-state index in [4.69, 9.17) is 0 Å². The van der Waals surface area contributed by atoms with E-state index in [0.717, 1.165) is 0 Å². The molecule has 1 fully saturated rings. The largest absolute Gasteiger partial charge is 0.259 e. The summed E-state index contributed by atoms with van der Waals surface area (Å²) in [7, 11) is -0.243. The van der Waals surface area contributed by atoms with E-state index in [1.165, 1.54) is 48.9 Å². The van der Waals surface area contributed by atoms with Gasteiger partial charge in [-0.05, 0) is 19.8 Å². The number of hydrogen-bond acceptors (Lipinski definition) is 2.